The second kappa shape index (κ2) is 52.5. The first-order valence-electron chi connectivity index (χ1n) is 50.3. The number of likely N-dealkylation sites (N-methyl/N-ethyl adjacent to an activating group) is 5. The minimum absolute atomic E-state index is 0. The largest absolute Gasteiger partial charge is 0.371 e. The van der Waals surface area contributed by atoms with Crippen LogP contribution in [0, 0.1) is 0 Å². The molecule has 0 amide bonds. The zero-order valence-corrected chi connectivity index (χ0v) is 82.5. The molecular weight excluding hydrogens is 1620 g/mol. The molecule has 0 N–H and O–H groups in total. The number of benzene rings is 15. The average Bonchev–Trinajstić information content (AvgIpc) is 1.57. The normalized spacial score (nSPS) is 12.8. The lowest BCUT2D eigenvalue weighted by Gasteiger charge is -2.18. The van der Waals surface area contributed by atoms with Crippen LogP contribution < -0.4 is 24.5 Å². The highest BCUT2D eigenvalue weighted by Gasteiger charge is 2.31. The SMILES string of the molecule is C.C.C.C.C.C.CC.CC.CC.CC.CC.CC.CC.CC.CC.CCN1CCc2c1ccc1ccc3c(c21)Cc1ccccc1-3.CCN1CCc2cc3cc4c(cc3cc21)-c1ccccc1C4.CCN1CCc2cc3cc4c(cc3cc21)Cc1ccccc1-4.CCN1CCc2cc3ccc4c(c3cc21)-c1ccccc1C4.CCN1CCc2cc3ccc4c(c3cc21)Cc1ccccc1-4. The first-order valence-corrected chi connectivity index (χ1v) is 50.3. The fourth-order valence-electron chi connectivity index (χ4n) is 21.2. The molecule has 0 aromatic heterocycles. The van der Waals surface area contributed by atoms with Gasteiger partial charge in [0.05, 0.1) is 0 Å². The summed E-state index contributed by atoms with van der Waals surface area (Å²) < 4.78 is 0. The fraction of sp³-hybridized carbons (Fsp3) is 0.380. The standard InChI is InChI=1S/5C21H19N.9C2H6.6CH4/c1-2-22-12-11-18-20(22)10-8-14-7-9-17-16-6-4-3-5-15(16)13-19(17)21(14)18;1-2-22-8-7-15-10-16-12-20-18(11-17(16)13-21(15)22)9-14-5-3-4-6-19(14)20;1-2-22-8-7-15-10-16-11-18-9-14-5-3-4-6-19(14)20(18)12-17(16)13-21(15)22;1-2-22-10-9-16-11-15-7-8-17-12-14-5-3-4-6-18(14)21(17)19(15)13-20(16)22;1-2-22-10-9-16-11-15-7-8-18-17-6-4-3-5-14(17)12-20(18)19(15)13-21(16)22;9*1-2;;;;;;/h3-10H,2,11-13H2,1H3;2*3-6,10-13H,2,7-9H2,1H3;2*3-8,11,13H,2,9-10,12H2,1H3;9*1-2H3;6*1H4. The summed E-state index contributed by atoms with van der Waals surface area (Å²) in [4.78, 5) is 12.5. The van der Waals surface area contributed by atoms with Gasteiger partial charge in [-0.3, -0.25) is 0 Å². The van der Waals surface area contributed by atoms with E-state index in [2.05, 4.69) is 302 Å². The number of hydrogen-bond donors (Lipinski definition) is 0. The van der Waals surface area contributed by atoms with Crippen molar-refractivity contribution in [1.82, 2.24) is 0 Å². The van der Waals surface area contributed by atoms with Crippen LogP contribution in [-0.2, 0) is 64.2 Å². The van der Waals surface area contributed by atoms with Crippen molar-refractivity contribution in [2.75, 3.05) is 89.9 Å². The summed E-state index contributed by atoms with van der Waals surface area (Å²) in [6.07, 6.45) is 11.4. The highest BCUT2D eigenvalue weighted by molar-refractivity contribution is 6.05. The van der Waals surface area contributed by atoms with Crippen LogP contribution in [0.4, 0.5) is 28.4 Å². The van der Waals surface area contributed by atoms with Crippen LogP contribution in [-0.4, -0.2) is 65.4 Å². The van der Waals surface area contributed by atoms with Crippen LogP contribution >= 0.6 is 0 Å². The van der Waals surface area contributed by atoms with E-state index in [0.717, 1.165) is 64.8 Å². The summed E-state index contributed by atoms with van der Waals surface area (Å²) in [6, 6.07) is 91.8. The smallest absolute Gasteiger partial charge is 0.0406 e. The minimum Gasteiger partial charge on any atom is -0.371 e. The van der Waals surface area contributed by atoms with Gasteiger partial charge in [0.2, 0.25) is 0 Å². The minimum atomic E-state index is 0. The summed E-state index contributed by atoms with van der Waals surface area (Å²) in [5.41, 5.74) is 44.1. The second-order valence-electron chi connectivity index (χ2n) is 32.3. The van der Waals surface area contributed by atoms with Crippen molar-refractivity contribution in [2.45, 2.75) is 268 Å². The lowest BCUT2D eigenvalue weighted by molar-refractivity contribution is 0.868. The topological polar surface area (TPSA) is 16.2 Å². The molecular formula is C129H173N5. The molecule has 0 atom stereocenters. The zero-order valence-electron chi connectivity index (χ0n) is 82.5. The van der Waals surface area contributed by atoms with E-state index in [-0.39, 0.29) is 44.6 Å². The molecule has 15 aromatic carbocycles. The highest BCUT2D eigenvalue weighted by atomic mass is 15.2. The third-order valence-corrected chi connectivity index (χ3v) is 26.8. The van der Waals surface area contributed by atoms with Gasteiger partial charge in [-0.1, -0.05) is 345 Å². The molecule has 10 aliphatic rings. The van der Waals surface area contributed by atoms with Gasteiger partial charge in [-0.2, -0.15) is 0 Å². The quantitative estimate of drug-likeness (QED) is 0.170. The summed E-state index contributed by atoms with van der Waals surface area (Å²) >= 11 is 0. The fourth-order valence-corrected chi connectivity index (χ4v) is 21.2. The molecule has 0 saturated carbocycles. The third-order valence-electron chi connectivity index (χ3n) is 26.8. The van der Waals surface area contributed by atoms with E-state index in [4.69, 9.17) is 0 Å². The molecule has 5 nitrogen and oxygen atoms in total. The molecule has 25 rings (SSSR count). The lowest BCUT2D eigenvalue weighted by Crippen LogP contribution is -2.19. The molecule has 0 radical (unpaired) electrons. The van der Waals surface area contributed by atoms with Crippen LogP contribution in [0.3, 0.4) is 0 Å². The van der Waals surface area contributed by atoms with Gasteiger partial charge in [-0.25, -0.2) is 0 Å². The van der Waals surface area contributed by atoms with Crippen molar-refractivity contribution in [3.8, 4) is 55.6 Å². The molecule has 5 heterocycles. The maximum absolute atomic E-state index is 2.51. The van der Waals surface area contributed by atoms with Gasteiger partial charge in [0.15, 0.2) is 0 Å². The Labute approximate surface area is 816 Å². The van der Waals surface area contributed by atoms with Gasteiger partial charge in [0, 0.05) is 93.9 Å². The number of rotatable bonds is 5. The van der Waals surface area contributed by atoms with E-state index in [0.29, 0.717) is 0 Å². The van der Waals surface area contributed by atoms with Crippen LogP contribution in [0.2, 0.25) is 0 Å². The molecule has 134 heavy (non-hydrogen) atoms. The van der Waals surface area contributed by atoms with Crippen molar-refractivity contribution in [3.63, 3.8) is 0 Å². The molecule has 714 valence electrons. The molecule has 5 aliphatic heterocycles. The van der Waals surface area contributed by atoms with Crippen LogP contribution in [0.1, 0.15) is 287 Å². The molecule has 15 aromatic rings. The van der Waals surface area contributed by atoms with Crippen LogP contribution in [0.25, 0.3) is 109 Å². The number of hydrogen-bond acceptors (Lipinski definition) is 5. The average molecular weight is 1790 g/mol. The third kappa shape index (κ3) is 21.6. The Morgan fingerprint density at radius 3 is 0.903 bits per heavy atom. The first kappa shape index (κ1) is 111. The van der Waals surface area contributed by atoms with Crippen molar-refractivity contribution in [2.24, 2.45) is 0 Å². The molecule has 0 bridgehead atoms. The van der Waals surface area contributed by atoms with E-state index in [1.807, 2.05) is 125 Å². The number of nitrogens with zero attached hydrogens (tertiary/aromatic N) is 5. The molecule has 0 saturated heterocycles. The predicted molar refractivity (Wildman–Crippen MR) is 611 cm³/mol. The van der Waals surface area contributed by atoms with Gasteiger partial charge in [-0.05, 0) is 359 Å². The van der Waals surface area contributed by atoms with E-state index in [1.165, 1.54) is 275 Å². The summed E-state index contributed by atoms with van der Waals surface area (Å²) in [5, 5.41) is 14.2. The summed E-state index contributed by atoms with van der Waals surface area (Å²) in [7, 11) is 0. The Bertz CT molecular complexity index is 6270. The summed E-state index contributed by atoms with van der Waals surface area (Å²) in [6.45, 7) is 58.6. The van der Waals surface area contributed by atoms with Gasteiger partial charge in [0.1, 0.15) is 0 Å². The van der Waals surface area contributed by atoms with Gasteiger partial charge >= 0.3 is 0 Å². The van der Waals surface area contributed by atoms with E-state index >= 15 is 0 Å². The van der Waals surface area contributed by atoms with Crippen molar-refractivity contribution in [1.29, 1.82) is 0 Å². The Hall–Kier alpha value is -11.4. The summed E-state index contributed by atoms with van der Waals surface area (Å²) in [5.74, 6) is 0. The Kier molecular flexibility index (Phi) is 43.6. The van der Waals surface area contributed by atoms with E-state index in [1.54, 1.807) is 11.1 Å². The number of anilines is 5. The number of fused-ring (bicyclic) bond motifs is 29. The Balaban J connectivity index is 0.000000244. The maximum atomic E-state index is 2.51. The molecule has 0 fully saturated rings. The van der Waals surface area contributed by atoms with Gasteiger partial charge in [-0.15, -0.1) is 0 Å². The molecule has 5 heteroatoms. The zero-order chi connectivity index (χ0) is 91.4. The lowest BCUT2D eigenvalue weighted by atomic mass is 9.94. The van der Waals surface area contributed by atoms with Crippen molar-refractivity contribution in [3.05, 3.63) is 326 Å². The van der Waals surface area contributed by atoms with Gasteiger partial charge < -0.3 is 24.5 Å². The van der Waals surface area contributed by atoms with Crippen molar-refractivity contribution >= 4 is 82.3 Å². The van der Waals surface area contributed by atoms with Crippen molar-refractivity contribution < 1.29 is 0 Å². The van der Waals surface area contributed by atoms with Crippen LogP contribution in [0.15, 0.2) is 243 Å². The van der Waals surface area contributed by atoms with E-state index in [9.17, 15) is 0 Å². The maximum Gasteiger partial charge on any atom is 0.0406 e. The van der Waals surface area contributed by atoms with Crippen LogP contribution in [0.5, 0.6) is 0 Å². The monoisotopic (exact) mass is 1790 g/mol. The molecule has 5 aliphatic carbocycles. The van der Waals surface area contributed by atoms with E-state index < -0.39 is 0 Å². The Morgan fingerprint density at radius 1 is 0.187 bits per heavy atom. The molecule has 0 spiro atoms. The predicted octanol–water partition coefficient (Wildman–Crippen LogP) is 37.0. The first-order chi connectivity index (χ1) is 63.2. The molecule has 0 unspecified atom stereocenters. The Morgan fingerprint density at radius 2 is 0.470 bits per heavy atom. The second-order valence-corrected chi connectivity index (χ2v) is 32.3. The highest BCUT2D eigenvalue weighted by Crippen LogP contribution is 2.50. The van der Waals surface area contributed by atoms with Gasteiger partial charge in [0.25, 0.3) is 0 Å².